The van der Waals surface area contributed by atoms with Gasteiger partial charge in [0.15, 0.2) is 9.84 Å². The quantitative estimate of drug-likeness (QED) is 0.552. The molecule has 0 bridgehead atoms. The first-order valence-corrected chi connectivity index (χ1v) is 11.1. The van der Waals surface area contributed by atoms with E-state index in [1.54, 1.807) is 0 Å². The number of nitrogens with one attached hydrogen (secondary N) is 1. The van der Waals surface area contributed by atoms with Crippen LogP contribution in [0.1, 0.15) is 44.0 Å². The predicted octanol–water partition coefficient (Wildman–Crippen LogP) is 1.38. The Morgan fingerprint density at radius 3 is 2.48 bits per heavy atom. The van der Waals surface area contributed by atoms with Crippen LogP contribution in [0.2, 0.25) is 0 Å². The van der Waals surface area contributed by atoms with Gasteiger partial charge in [-0.05, 0) is 32.0 Å². The van der Waals surface area contributed by atoms with Gasteiger partial charge < -0.3 is 20.9 Å². The first-order chi connectivity index (χ1) is 13.6. The van der Waals surface area contributed by atoms with Gasteiger partial charge in [-0.3, -0.25) is 14.5 Å². The second-order valence-corrected chi connectivity index (χ2v) is 8.89. The van der Waals surface area contributed by atoms with Crippen LogP contribution < -0.4 is 15.8 Å². The number of nitrogens with zero attached hydrogens (tertiary/aromatic N) is 1. The number of likely N-dealkylation sites (N-methyl/N-ethyl adjacent to an activating group) is 1. The lowest BCUT2D eigenvalue weighted by Gasteiger charge is -2.23. The van der Waals surface area contributed by atoms with Crippen molar-refractivity contribution in [2.45, 2.75) is 44.6 Å². The number of amides is 1. The van der Waals surface area contributed by atoms with Crippen molar-refractivity contribution in [3.63, 3.8) is 0 Å². The lowest BCUT2D eigenvalue weighted by atomic mass is 10.1. The molecule has 29 heavy (non-hydrogen) atoms. The molecule has 1 heterocycles. The van der Waals surface area contributed by atoms with Crippen molar-refractivity contribution in [1.82, 2.24) is 10.2 Å². The molecule has 2 rings (SSSR count). The van der Waals surface area contributed by atoms with Crippen molar-refractivity contribution >= 4 is 27.4 Å². The third-order valence-electron chi connectivity index (χ3n) is 4.70. The molecule has 1 aromatic carbocycles. The second-order valence-electron chi connectivity index (χ2n) is 6.65. The maximum absolute atomic E-state index is 12.6. The minimum absolute atomic E-state index is 0.0306. The molecule has 0 aliphatic carbocycles. The van der Waals surface area contributed by atoms with Gasteiger partial charge in [0, 0.05) is 25.6 Å². The first-order valence-electron chi connectivity index (χ1n) is 9.49. The van der Waals surface area contributed by atoms with E-state index in [2.05, 4.69) is 17.1 Å². The molecule has 1 atom stereocenters. The normalized spacial score (nSPS) is 16.6. The molecular formula is C19H31N3O6S. The summed E-state index contributed by atoms with van der Waals surface area (Å²) in [5.74, 6) is -1.01. The van der Waals surface area contributed by atoms with Crippen LogP contribution in [0.25, 0.3) is 0 Å². The zero-order valence-electron chi connectivity index (χ0n) is 17.4. The molecule has 0 saturated carbocycles. The number of anilines is 1. The van der Waals surface area contributed by atoms with Gasteiger partial charge >= 0.3 is 0 Å². The van der Waals surface area contributed by atoms with E-state index in [9.17, 15) is 13.2 Å². The fraction of sp³-hybridized carbons (Fsp3) is 0.579. The van der Waals surface area contributed by atoms with E-state index in [0.717, 1.165) is 32.9 Å². The van der Waals surface area contributed by atoms with Crippen molar-refractivity contribution in [2.24, 2.45) is 0 Å². The Morgan fingerprint density at radius 1 is 1.34 bits per heavy atom. The Bertz CT molecular complexity index is 821. The Labute approximate surface area is 172 Å². The van der Waals surface area contributed by atoms with E-state index >= 15 is 0 Å². The minimum Gasteiger partial charge on any atom is -0.496 e. The van der Waals surface area contributed by atoms with E-state index in [4.69, 9.17) is 20.4 Å². The van der Waals surface area contributed by atoms with E-state index in [0.29, 0.717) is 12.6 Å². The highest BCUT2D eigenvalue weighted by atomic mass is 32.2. The molecule has 0 unspecified atom stereocenters. The van der Waals surface area contributed by atoms with Crippen LogP contribution in [-0.2, 0) is 14.6 Å². The number of sulfone groups is 1. The third-order valence-corrected chi connectivity index (χ3v) is 6.48. The molecule has 10 heteroatoms. The second kappa shape index (κ2) is 11.0. The van der Waals surface area contributed by atoms with Crippen LogP contribution in [0.4, 0.5) is 5.69 Å². The summed E-state index contributed by atoms with van der Waals surface area (Å²) in [6.45, 7) is 7.24. The van der Waals surface area contributed by atoms with Crippen LogP contribution in [-0.4, -0.2) is 68.8 Å². The number of rotatable bonds is 7. The summed E-state index contributed by atoms with van der Waals surface area (Å²) in [5.41, 5.74) is 6.11. The van der Waals surface area contributed by atoms with Gasteiger partial charge in [0.05, 0.1) is 29.0 Å². The number of likely N-dealkylation sites (tertiary alicyclic amines) is 1. The van der Waals surface area contributed by atoms with Gasteiger partial charge in [0.1, 0.15) is 5.75 Å². The van der Waals surface area contributed by atoms with Crippen LogP contribution in [0.15, 0.2) is 17.0 Å². The molecule has 0 radical (unpaired) electrons. The molecule has 1 fully saturated rings. The fourth-order valence-corrected chi connectivity index (χ4v) is 4.22. The minimum atomic E-state index is -3.52. The molecule has 164 valence electrons. The van der Waals surface area contributed by atoms with Gasteiger partial charge in [0.2, 0.25) is 0 Å². The van der Waals surface area contributed by atoms with E-state index < -0.39 is 15.8 Å². The maximum Gasteiger partial charge on any atom is 0.300 e. The molecule has 1 amide bonds. The summed E-state index contributed by atoms with van der Waals surface area (Å²) in [7, 11) is -2.10. The Hall–Kier alpha value is -2.33. The highest BCUT2D eigenvalue weighted by molar-refractivity contribution is 7.91. The number of carbonyl (C=O) groups is 2. The highest BCUT2D eigenvalue weighted by Gasteiger charge is 2.25. The van der Waals surface area contributed by atoms with Crippen LogP contribution in [0, 0.1) is 0 Å². The van der Waals surface area contributed by atoms with Crippen molar-refractivity contribution in [3.05, 3.63) is 17.7 Å². The van der Waals surface area contributed by atoms with Crippen molar-refractivity contribution < 1.29 is 27.9 Å². The number of hydrogen-bond donors (Lipinski definition) is 3. The summed E-state index contributed by atoms with van der Waals surface area (Å²) < 4.78 is 29.6. The Balaban J connectivity index is 0.000000960. The number of methoxy groups -OCH3 is 1. The fourth-order valence-electron chi connectivity index (χ4n) is 3.20. The van der Waals surface area contributed by atoms with Crippen molar-refractivity contribution in [3.8, 4) is 5.75 Å². The van der Waals surface area contributed by atoms with Gasteiger partial charge in [-0.25, -0.2) is 8.42 Å². The topological polar surface area (TPSA) is 139 Å². The summed E-state index contributed by atoms with van der Waals surface area (Å²) in [6, 6.07) is 3.02. The zero-order valence-corrected chi connectivity index (χ0v) is 18.2. The molecule has 0 spiro atoms. The van der Waals surface area contributed by atoms with Crippen molar-refractivity contribution in [1.29, 1.82) is 0 Å². The van der Waals surface area contributed by atoms with Gasteiger partial charge in [-0.1, -0.05) is 13.8 Å². The van der Waals surface area contributed by atoms with Crippen molar-refractivity contribution in [2.75, 3.05) is 38.2 Å². The Morgan fingerprint density at radius 2 is 1.97 bits per heavy atom. The van der Waals surface area contributed by atoms with E-state index in [-0.39, 0.29) is 33.6 Å². The average molecular weight is 430 g/mol. The largest absolute Gasteiger partial charge is 0.496 e. The molecule has 1 saturated heterocycles. The number of carboxylic acids is 1. The monoisotopic (exact) mass is 429 g/mol. The number of ether oxygens (including phenoxy) is 1. The number of aliphatic carboxylic acids is 1. The van der Waals surface area contributed by atoms with E-state index in [1.807, 2.05) is 0 Å². The lowest BCUT2D eigenvalue weighted by Crippen LogP contribution is -2.40. The van der Waals surface area contributed by atoms with Crippen LogP contribution in [0.5, 0.6) is 5.75 Å². The van der Waals surface area contributed by atoms with Crippen LogP contribution in [0.3, 0.4) is 0 Å². The summed E-state index contributed by atoms with van der Waals surface area (Å²) in [5, 5.41) is 10.3. The molecule has 1 aromatic rings. The molecule has 1 aliphatic rings. The predicted molar refractivity (Wildman–Crippen MR) is 111 cm³/mol. The smallest absolute Gasteiger partial charge is 0.300 e. The van der Waals surface area contributed by atoms with E-state index in [1.165, 1.54) is 26.2 Å². The van der Waals surface area contributed by atoms with Gasteiger partial charge in [-0.15, -0.1) is 0 Å². The summed E-state index contributed by atoms with van der Waals surface area (Å²) >= 11 is 0. The third kappa shape index (κ3) is 6.90. The summed E-state index contributed by atoms with van der Waals surface area (Å²) in [6.07, 6.45) is 2.17. The molecule has 9 nitrogen and oxygen atoms in total. The lowest BCUT2D eigenvalue weighted by molar-refractivity contribution is -0.134. The number of nitrogen functional groups attached to an aromatic ring is 1. The number of hydrogen-bond acceptors (Lipinski definition) is 7. The number of carbonyl (C=O) groups excluding carboxylic acids is 1. The standard InChI is InChI=1S/C17H27N3O4S.C2H4O2/c1-4-20-8-6-7-12(20)11-19-17(21)13-9-16(25(22,23)5-2)14(18)10-15(13)24-3;1-2(3)4/h9-10,12H,4-8,11,18H2,1-3H3,(H,19,21);1H3,(H,3,4)/t12-;/m1./s1. The van der Waals surface area contributed by atoms with Gasteiger partial charge in [0.25, 0.3) is 11.9 Å². The maximum atomic E-state index is 12.6. The average Bonchev–Trinajstić information content (AvgIpc) is 3.12. The molecule has 4 N–H and O–H groups in total. The number of nitrogens with two attached hydrogens (primary N) is 1. The summed E-state index contributed by atoms with van der Waals surface area (Å²) in [4.78, 5) is 23.9. The molecular weight excluding hydrogens is 398 g/mol. The zero-order chi connectivity index (χ0) is 22.2. The van der Waals surface area contributed by atoms with Gasteiger partial charge in [-0.2, -0.15) is 0 Å². The number of benzene rings is 1. The number of carboxylic acid groups (broad SMARTS) is 1. The Kier molecular flexibility index (Phi) is 9.38. The SMILES string of the molecule is CC(=O)O.CCN1CCC[C@@H]1CNC(=O)c1cc(S(=O)(=O)CC)c(N)cc1OC. The molecule has 0 aromatic heterocycles. The molecule has 1 aliphatic heterocycles. The highest BCUT2D eigenvalue weighted by Crippen LogP contribution is 2.29. The van der Waals surface area contributed by atoms with Crippen LogP contribution >= 0.6 is 0 Å². The first kappa shape index (κ1) is 24.7.